The number of aromatic nitrogens is 1. The fourth-order valence-electron chi connectivity index (χ4n) is 1.73. The van der Waals surface area contributed by atoms with Crippen molar-refractivity contribution in [3.63, 3.8) is 0 Å². The van der Waals surface area contributed by atoms with Crippen LogP contribution in [0.2, 0.25) is 0 Å². The highest BCUT2D eigenvalue weighted by Crippen LogP contribution is 2.33. The summed E-state index contributed by atoms with van der Waals surface area (Å²) in [4.78, 5) is 4.36. The normalized spacial score (nSPS) is 10.3. The summed E-state index contributed by atoms with van der Waals surface area (Å²) in [5.74, 6) is 1.69. The SMILES string of the molecule is CCCNc1ncccc1COc1c(Br)cccc1Br. The van der Waals surface area contributed by atoms with Gasteiger partial charge in [0.15, 0.2) is 0 Å². The molecule has 2 aromatic rings. The van der Waals surface area contributed by atoms with Crippen molar-refractivity contribution in [2.75, 3.05) is 11.9 Å². The van der Waals surface area contributed by atoms with E-state index in [-0.39, 0.29) is 0 Å². The maximum Gasteiger partial charge on any atom is 0.148 e. The van der Waals surface area contributed by atoms with Crippen LogP contribution in [0.4, 0.5) is 5.82 Å². The summed E-state index contributed by atoms with van der Waals surface area (Å²) in [6.07, 6.45) is 2.85. The highest BCUT2D eigenvalue weighted by Gasteiger charge is 2.08. The summed E-state index contributed by atoms with van der Waals surface area (Å²) in [6.45, 7) is 3.51. The number of hydrogen-bond donors (Lipinski definition) is 1. The maximum absolute atomic E-state index is 5.90. The van der Waals surface area contributed by atoms with Crippen molar-refractivity contribution in [3.8, 4) is 5.75 Å². The lowest BCUT2D eigenvalue weighted by Crippen LogP contribution is -2.07. The number of halogens is 2. The van der Waals surface area contributed by atoms with Crippen LogP contribution in [-0.4, -0.2) is 11.5 Å². The Morgan fingerprint density at radius 2 is 1.90 bits per heavy atom. The third kappa shape index (κ3) is 3.96. The van der Waals surface area contributed by atoms with E-state index in [1.807, 2.05) is 30.3 Å². The van der Waals surface area contributed by atoms with Crippen LogP contribution in [-0.2, 0) is 6.61 Å². The van der Waals surface area contributed by atoms with E-state index in [4.69, 9.17) is 4.74 Å². The summed E-state index contributed by atoms with van der Waals surface area (Å²) in [7, 11) is 0. The Morgan fingerprint density at radius 1 is 1.15 bits per heavy atom. The molecule has 0 aliphatic heterocycles. The fourth-order valence-corrected chi connectivity index (χ4v) is 2.96. The Hall–Kier alpha value is -1.07. The van der Waals surface area contributed by atoms with Crippen LogP contribution in [0, 0.1) is 0 Å². The van der Waals surface area contributed by atoms with Crippen LogP contribution in [0.5, 0.6) is 5.75 Å². The largest absolute Gasteiger partial charge is 0.486 e. The summed E-state index contributed by atoms with van der Waals surface area (Å²) < 4.78 is 7.76. The average molecular weight is 400 g/mol. The average Bonchev–Trinajstić information content (AvgIpc) is 2.45. The molecule has 1 aromatic carbocycles. The van der Waals surface area contributed by atoms with E-state index in [2.05, 4.69) is 49.1 Å². The van der Waals surface area contributed by atoms with Crippen LogP contribution in [0.1, 0.15) is 18.9 Å². The first-order valence-corrected chi connectivity index (χ1v) is 8.05. The van der Waals surface area contributed by atoms with Gasteiger partial charge in [0.2, 0.25) is 0 Å². The Morgan fingerprint density at radius 3 is 2.60 bits per heavy atom. The number of para-hydroxylation sites is 1. The Balaban J connectivity index is 2.11. The molecule has 0 radical (unpaired) electrons. The zero-order valence-corrected chi connectivity index (χ0v) is 14.4. The highest BCUT2D eigenvalue weighted by molar-refractivity contribution is 9.11. The second-order valence-electron chi connectivity index (χ2n) is 4.28. The minimum atomic E-state index is 0.473. The molecule has 20 heavy (non-hydrogen) atoms. The van der Waals surface area contributed by atoms with E-state index in [1.165, 1.54) is 0 Å². The topological polar surface area (TPSA) is 34.2 Å². The lowest BCUT2D eigenvalue weighted by molar-refractivity contribution is 0.302. The summed E-state index contributed by atoms with van der Waals surface area (Å²) in [5.41, 5.74) is 1.05. The summed E-state index contributed by atoms with van der Waals surface area (Å²) in [5, 5.41) is 3.31. The highest BCUT2D eigenvalue weighted by atomic mass is 79.9. The number of nitrogens with one attached hydrogen (secondary N) is 1. The van der Waals surface area contributed by atoms with Crippen molar-refractivity contribution >= 4 is 37.7 Å². The van der Waals surface area contributed by atoms with Crippen molar-refractivity contribution < 1.29 is 4.74 Å². The van der Waals surface area contributed by atoms with Crippen molar-refractivity contribution in [1.82, 2.24) is 4.98 Å². The van der Waals surface area contributed by atoms with Gasteiger partial charge in [-0.3, -0.25) is 0 Å². The number of pyridine rings is 1. The molecule has 0 amide bonds. The fraction of sp³-hybridized carbons (Fsp3) is 0.267. The molecule has 0 saturated carbocycles. The van der Waals surface area contributed by atoms with Gasteiger partial charge in [-0.05, 0) is 56.5 Å². The molecule has 1 aromatic heterocycles. The molecule has 0 saturated heterocycles. The van der Waals surface area contributed by atoms with E-state index in [1.54, 1.807) is 6.20 Å². The van der Waals surface area contributed by atoms with Gasteiger partial charge >= 0.3 is 0 Å². The first kappa shape index (κ1) is 15.3. The van der Waals surface area contributed by atoms with Gasteiger partial charge in [-0.25, -0.2) is 4.98 Å². The second-order valence-corrected chi connectivity index (χ2v) is 5.99. The predicted molar refractivity (Wildman–Crippen MR) is 89.2 cm³/mol. The molecule has 0 spiro atoms. The molecule has 0 aliphatic carbocycles. The molecule has 2 rings (SSSR count). The zero-order chi connectivity index (χ0) is 14.4. The third-order valence-corrected chi connectivity index (χ3v) is 3.97. The van der Waals surface area contributed by atoms with Crippen LogP contribution in [0.25, 0.3) is 0 Å². The molecule has 0 fully saturated rings. The molecule has 1 N–H and O–H groups in total. The third-order valence-electron chi connectivity index (χ3n) is 2.72. The lowest BCUT2D eigenvalue weighted by Gasteiger charge is -2.13. The molecule has 5 heteroatoms. The summed E-state index contributed by atoms with van der Waals surface area (Å²) >= 11 is 6.99. The van der Waals surface area contributed by atoms with Gasteiger partial charge in [0.05, 0.1) is 8.95 Å². The Labute approximate surface area is 136 Å². The summed E-state index contributed by atoms with van der Waals surface area (Å²) in [6, 6.07) is 9.82. The zero-order valence-electron chi connectivity index (χ0n) is 11.2. The number of ether oxygens (including phenoxy) is 1. The van der Waals surface area contributed by atoms with Gasteiger partial charge in [0.25, 0.3) is 0 Å². The van der Waals surface area contributed by atoms with Gasteiger partial charge < -0.3 is 10.1 Å². The van der Waals surface area contributed by atoms with Crippen molar-refractivity contribution in [1.29, 1.82) is 0 Å². The first-order valence-electron chi connectivity index (χ1n) is 6.47. The standard InChI is InChI=1S/C15H16Br2N2O/c1-2-8-18-15-11(5-4-9-19-15)10-20-14-12(16)6-3-7-13(14)17/h3-7,9H,2,8,10H2,1H3,(H,18,19). The minimum absolute atomic E-state index is 0.473. The monoisotopic (exact) mass is 398 g/mol. The number of rotatable bonds is 6. The van der Waals surface area contributed by atoms with E-state index in [0.29, 0.717) is 6.61 Å². The number of nitrogens with zero attached hydrogens (tertiary/aromatic N) is 1. The molecule has 1 heterocycles. The number of hydrogen-bond acceptors (Lipinski definition) is 3. The van der Waals surface area contributed by atoms with Crippen LogP contribution in [0.3, 0.4) is 0 Å². The predicted octanol–water partition coefficient (Wildman–Crippen LogP) is 5.01. The molecule has 0 unspecified atom stereocenters. The number of benzene rings is 1. The lowest BCUT2D eigenvalue weighted by atomic mass is 10.2. The first-order chi connectivity index (χ1) is 9.72. The van der Waals surface area contributed by atoms with E-state index < -0.39 is 0 Å². The van der Waals surface area contributed by atoms with Gasteiger partial charge in [-0.1, -0.05) is 19.1 Å². The molecule has 0 bridgehead atoms. The van der Waals surface area contributed by atoms with Gasteiger partial charge in [-0.2, -0.15) is 0 Å². The smallest absolute Gasteiger partial charge is 0.148 e. The second kappa shape index (κ2) is 7.64. The molecule has 3 nitrogen and oxygen atoms in total. The van der Waals surface area contributed by atoms with Crippen LogP contribution < -0.4 is 10.1 Å². The van der Waals surface area contributed by atoms with Crippen molar-refractivity contribution in [3.05, 3.63) is 51.0 Å². The quantitative estimate of drug-likeness (QED) is 0.741. The van der Waals surface area contributed by atoms with Crippen molar-refractivity contribution in [2.24, 2.45) is 0 Å². The van der Waals surface area contributed by atoms with Gasteiger partial charge in [-0.15, -0.1) is 0 Å². The number of anilines is 1. The van der Waals surface area contributed by atoms with Gasteiger partial charge in [0, 0.05) is 18.3 Å². The molecule has 0 atom stereocenters. The van der Waals surface area contributed by atoms with Crippen molar-refractivity contribution in [2.45, 2.75) is 20.0 Å². The molecule has 0 aliphatic rings. The maximum atomic E-state index is 5.90. The minimum Gasteiger partial charge on any atom is -0.486 e. The van der Waals surface area contributed by atoms with E-state index >= 15 is 0 Å². The van der Waals surface area contributed by atoms with Crippen LogP contribution >= 0.6 is 31.9 Å². The Kier molecular flexibility index (Phi) is 5.86. The Bertz CT molecular complexity index is 555. The van der Waals surface area contributed by atoms with E-state index in [0.717, 1.165) is 39.0 Å². The molecular formula is C15H16Br2N2O. The molecule has 106 valence electrons. The van der Waals surface area contributed by atoms with Crippen LogP contribution in [0.15, 0.2) is 45.5 Å². The van der Waals surface area contributed by atoms with E-state index in [9.17, 15) is 0 Å². The van der Waals surface area contributed by atoms with Gasteiger partial charge in [0.1, 0.15) is 18.2 Å². The molecular weight excluding hydrogens is 384 g/mol.